The van der Waals surface area contributed by atoms with Gasteiger partial charge in [0.2, 0.25) is 11.7 Å². The number of benzene rings is 1. The van der Waals surface area contributed by atoms with E-state index < -0.39 is 6.17 Å². The SMILES string of the molecule is F[C@@H]1CN[C@@H](c2nc(-c3ccccc3Cl)no2)C1. The Labute approximate surface area is 108 Å². The molecular weight excluding hydrogens is 257 g/mol. The van der Waals surface area contributed by atoms with E-state index >= 15 is 0 Å². The number of nitrogens with zero attached hydrogens (tertiary/aromatic N) is 2. The van der Waals surface area contributed by atoms with E-state index in [0.717, 1.165) is 0 Å². The summed E-state index contributed by atoms with van der Waals surface area (Å²) in [6, 6.07) is 7.06. The van der Waals surface area contributed by atoms with E-state index in [1.807, 2.05) is 18.2 Å². The fourth-order valence-corrected chi connectivity index (χ4v) is 2.23. The van der Waals surface area contributed by atoms with Crippen LogP contribution in [0.5, 0.6) is 0 Å². The maximum absolute atomic E-state index is 13.1. The Morgan fingerprint density at radius 3 is 2.94 bits per heavy atom. The lowest BCUT2D eigenvalue weighted by Gasteiger charge is -2.01. The third-order valence-corrected chi connectivity index (χ3v) is 3.26. The Kier molecular flexibility index (Phi) is 3.01. The maximum atomic E-state index is 13.1. The topological polar surface area (TPSA) is 51.0 Å². The van der Waals surface area contributed by atoms with Gasteiger partial charge >= 0.3 is 0 Å². The van der Waals surface area contributed by atoms with Crippen LogP contribution in [0.25, 0.3) is 11.4 Å². The first kappa shape index (κ1) is 11.6. The predicted molar refractivity (Wildman–Crippen MR) is 65.0 cm³/mol. The monoisotopic (exact) mass is 267 g/mol. The molecule has 1 aromatic heterocycles. The summed E-state index contributed by atoms with van der Waals surface area (Å²) in [7, 11) is 0. The van der Waals surface area contributed by atoms with Crippen LogP contribution in [0.2, 0.25) is 5.02 Å². The van der Waals surface area contributed by atoms with Gasteiger partial charge in [-0.25, -0.2) is 4.39 Å². The average molecular weight is 268 g/mol. The Morgan fingerprint density at radius 2 is 2.22 bits per heavy atom. The zero-order chi connectivity index (χ0) is 12.5. The molecule has 2 atom stereocenters. The minimum absolute atomic E-state index is 0.205. The summed E-state index contributed by atoms with van der Waals surface area (Å²) >= 11 is 6.05. The first-order valence-electron chi connectivity index (χ1n) is 5.70. The number of halogens is 2. The molecule has 0 bridgehead atoms. The highest BCUT2D eigenvalue weighted by atomic mass is 35.5. The molecule has 1 fully saturated rings. The van der Waals surface area contributed by atoms with E-state index in [1.54, 1.807) is 6.07 Å². The lowest BCUT2D eigenvalue weighted by molar-refractivity contribution is 0.324. The molecule has 3 rings (SSSR count). The van der Waals surface area contributed by atoms with Crippen molar-refractivity contribution in [1.82, 2.24) is 15.5 Å². The quantitative estimate of drug-likeness (QED) is 0.909. The van der Waals surface area contributed by atoms with Gasteiger partial charge in [0, 0.05) is 18.5 Å². The molecule has 1 N–H and O–H groups in total. The second kappa shape index (κ2) is 4.66. The van der Waals surface area contributed by atoms with Crippen molar-refractivity contribution in [3.63, 3.8) is 0 Å². The van der Waals surface area contributed by atoms with Gasteiger partial charge in [-0.2, -0.15) is 4.98 Å². The van der Waals surface area contributed by atoms with Crippen LogP contribution in [-0.2, 0) is 0 Å². The van der Waals surface area contributed by atoms with Gasteiger partial charge < -0.3 is 9.84 Å². The largest absolute Gasteiger partial charge is 0.337 e. The lowest BCUT2D eigenvalue weighted by Crippen LogP contribution is -2.14. The van der Waals surface area contributed by atoms with Crippen molar-refractivity contribution in [3.8, 4) is 11.4 Å². The fourth-order valence-electron chi connectivity index (χ4n) is 2.01. The summed E-state index contributed by atoms with van der Waals surface area (Å²) in [4.78, 5) is 4.27. The van der Waals surface area contributed by atoms with E-state index in [0.29, 0.717) is 35.3 Å². The number of hydrogen-bond donors (Lipinski definition) is 1. The molecule has 2 heterocycles. The van der Waals surface area contributed by atoms with E-state index in [1.165, 1.54) is 0 Å². The third-order valence-electron chi connectivity index (χ3n) is 2.93. The van der Waals surface area contributed by atoms with Gasteiger partial charge in [-0.05, 0) is 12.1 Å². The van der Waals surface area contributed by atoms with Crippen LogP contribution in [0.4, 0.5) is 4.39 Å². The van der Waals surface area contributed by atoms with Crippen LogP contribution < -0.4 is 5.32 Å². The number of alkyl halides is 1. The number of nitrogens with one attached hydrogen (secondary N) is 1. The van der Waals surface area contributed by atoms with Crippen molar-refractivity contribution in [2.24, 2.45) is 0 Å². The summed E-state index contributed by atoms with van der Waals surface area (Å²) in [5, 5.41) is 7.44. The second-order valence-corrected chi connectivity index (χ2v) is 4.64. The number of aromatic nitrogens is 2. The van der Waals surface area contributed by atoms with Crippen molar-refractivity contribution in [2.45, 2.75) is 18.6 Å². The normalized spacial score (nSPS) is 23.4. The molecule has 1 aliphatic heterocycles. The Hall–Kier alpha value is -1.46. The first-order chi connectivity index (χ1) is 8.74. The van der Waals surface area contributed by atoms with Crippen LogP contribution in [0.3, 0.4) is 0 Å². The van der Waals surface area contributed by atoms with Gasteiger partial charge in [-0.1, -0.05) is 28.9 Å². The van der Waals surface area contributed by atoms with Crippen LogP contribution in [0.1, 0.15) is 18.4 Å². The molecular formula is C12H11ClFN3O. The van der Waals surface area contributed by atoms with Crippen molar-refractivity contribution in [3.05, 3.63) is 35.2 Å². The Balaban J connectivity index is 1.88. The van der Waals surface area contributed by atoms with E-state index in [9.17, 15) is 4.39 Å². The smallest absolute Gasteiger partial charge is 0.244 e. The minimum Gasteiger partial charge on any atom is -0.337 e. The van der Waals surface area contributed by atoms with Crippen molar-refractivity contribution < 1.29 is 8.91 Å². The van der Waals surface area contributed by atoms with E-state index in [4.69, 9.17) is 16.1 Å². The average Bonchev–Trinajstić information content (AvgIpc) is 2.98. The molecule has 0 radical (unpaired) electrons. The first-order valence-corrected chi connectivity index (χ1v) is 6.08. The molecule has 0 amide bonds. The number of rotatable bonds is 2. The highest BCUT2D eigenvalue weighted by Crippen LogP contribution is 2.28. The maximum Gasteiger partial charge on any atom is 0.244 e. The van der Waals surface area contributed by atoms with Gasteiger partial charge in [0.1, 0.15) is 6.17 Å². The zero-order valence-corrected chi connectivity index (χ0v) is 10.2. The van der Waals surface area contributed by atoms with E-state index in [-0.39, 0.29) is 6.04 Å². The molecule has 2 aromatic rings. The van der Waals surface area contributed by atoms with E-state index in [2.05, 4.69) is 15.5 Å². The molecule has 18 heavy (non-hydrogen) atoms. The molecule has 0 spiro atoms. The van der Waals surface area contributed by atoms with Gasteiger partial charge in [0.25, 0.3) is 0 Å². The van der Waals surface area contributed by atoms with Crippen molar-refractivity contribution >= 4 is 11.6 Å². The van der Waals surface area contributed by atoms with Crippen LogP contribution in [0.15, 0.2) is 28.8 Å². The lowest BCUT2D eigenvalue weighted by atomic mass is 10.2. The Morgan fingerprint density at radius 1 is 1.39 bits per heavy atom. The van der Waals surface area contributed by atoms with Gasteiger partial charge in [0.05, 0.1) is 11.1 Å². The summed E-state index contributed by atoms with van der Waals surface area (Å²) in [5.41, 5.74) is 0.712. The molecule has 0 unspecified atom stereocenters. The molecule has 4 nitrogen and oxygen atoms in total. The fraction of sp³-hybridized carbons (Fsp3) is 0.333. The molecule has 1 aromatic carbocycles. The van der Waals surface area contributed by atoms with Gasteiger partial charge in [-0.15, -0.1) is 0 Å². The molecule has 6 heteroatoms. The summed E-state index contributed by atoms with van der Waals surface area (Å²) in [5.74, 6) is 0.838. The van der Waals surface area contributed by atoms with Gasteiger partial charge in [0.15, 0.2) is 0 Å². The molecule has 0 aliphatic carbocycles. The van der Waals surface area contributed by atoms with Crippen LogP contribution in [-0.4, -0.2) is 22.9 Å². The van der Waals surface area contributed by atoms with Gasteiger partial charge in [-0.3, -0.25) is 0 Å². The Bertz CT molecular complexity index is 560. The highest BCUT2D eigenvalue weighted by Gasteiger charge is 2.29. The van der Waals surface area contributed by atoms with Crippen molar-refractivity contribution in [1.29, 1.82) is 0 Å². The third kappa shape index (κ3) is 2.11. The van der Waals surface area contributed by atoms with Crippen LogP contribution >= 0.6 is 11.6 Å². The molecule has 0 saturated carbocycles. The summed E-state index contributed by atoms with van der Waals surface area (Å²) in [6.07, 6.45) is -0.491. The standard InChI is InChI=1S/C12H11ClFN3O/c13-9-4-2-1-3-8(9)11-16-12(18-17-11)10-5-7(14)6-15-10/h1-4,7,10,15H,5-6H2/t7-,10+/m0/s1. The second-order valence-electron chi connectivity index (χ2n) is 4.23. The molecule has 1 saturated heterocycles. The number of hydrogen-bond acceptors (Lipinski definition) is 4. The minimum atomic E-state index is -0.856. The van der Waals surface area contributed by atoms with Crippen molar-refractivity contribution in [2.75, 3.05) is 6.54 Å². The molecule has 94 valence electrons. The predicted octanol–water partition coefficient (Wildman–Crippen LogP) is 2.76. The summed E-state index contributed by atoms with van der Waals surface area (Å²) in [6.45, 7) is 0.328. The summed E-state index contributed by atoms with van der Waals surface area (Å²) < 4.78 is 18.2. The molecule has 1 aliphatic rings. The zero-order valence-electron chi connectivity index (χ0n) is 9.44. The van der Waals surface area contributed by atoms with Crippen LogP contribution in [0, 0.1) is 0 Å². The highest BCUT2D eigenvalue weighted by molar-refractivity contribution is 6.33.